The summed E-state index contributed by atoms with van der Waals surface area (Å²) in [4.78, 5) is 0. The average Bonchev–Trinajstić information content (AvgIpc) is 1.90. The molecule has 0 unspecified atom stereocenters. The Kier molecular flexibility index (Phi) is 18.8. The van der Waals surface area contributed by atoms with Crippen molar-refractivity contribution in [3.05, 3.63) is 24.4 Å². The highest BCUT2D eigenvalue weighted by atomic mass is 14.8. The van der Waals surface area contributed by atoms with Crippen LogP contribution in [0, 0.1) is 5.92 Å². The quantitative estimate of drug-likeness (QED) is 0.545. The SMILES string of the molecule is C.C1=CCNC=C1.CC(C)C.[B]. The third-order valence-corrected chi connectivity index (χ3v) is 0.697. The van der Waals surface area contributed by atoms with E-state index in [1.807, 2.05) is 18.4 Å². The summed E-state index contributed by atoms with van der Waals surface area (Å²) in [7, 11) is 0. The van der Waals surface area contributed by atoms with Gasteiger partial charge in [-0.2, -0.15) is 0 Å². The van der Waals surface area contributed by atoms with Gasteiger partial charge in [0.2, 0.25) is 0 Å². The molecule has 0 spiro atoms. The van der Waals surface area contributed by atoms with E-state index in [1.54, 1.807) is 0 Å². The number of dihydropyridines is 1. The van der Waals surface area contributed by atoms with Gasteiger partial charge in [-0.15, -0.1) is 0 Å². The second kappa shape index (κ2) is 13.0. The summed E-state index contributed by atoms with van der Waals surface area (Å²) in [6.07, 6.45) is 8.00. The molecule has 0 aromatic rings. The summed E-state index contributed by atoms with van der Waals surface area (Å²) in [6, 6.07) is 0. The first-order valence-electron chi connectivity index (χ1n) is 3.78. The van der Waals surface area contributed by atoms with Crippen LogP contribution in [0.15, 0.2) is 24.4 Å². The van der Waals surface area contributed by atoms with E-state index in [4.69, 9.17) is 0 Å². The van der Waals surface area contributed by atoms with E-state index in [2.05, 4.69) is 32.2 Å². The van der Waals surface area contributed by atoms with Gasteiger partial charge in [-0.05, 0) is 18.2 Å². The predicted molar refractivity (Wildman–Crippen MR) is 59.3 cm³/mol. The van der Waals surface area contributed by atoms with Crippen LogP contribution in [0.5, 0.6) is 0 Å². The molecule has 0 bridgehead atoms. The molecule has 0 saturated heterocycles. The fourth-order valence-electron chi connectivity index (χ4n) is 0.406. The third kappa shape index (κ3) is 22.8. The Morgan fingerprint density at radius 2 is 1.67 bits per heavy atom. The summed E-state index contributed by atoms with van der Waals surface area (Å²) >= 11 is 0. The molecule has 0 aromatic carbocycles. The van der Waals surface area contributed by atoms with E-state index < -0.39 is 0 Å². The Hall–Kier alpha value is -0.655. The first-order chi connectivity index (χ1) is 4.73. The minimum Gasteiger partial charge on any atom is -0.387 e. The van der Waals surface area contributed by atoms with Crippen LogP contribution < -0.4 is 5.32 Å². The molecule has 0 amide bonds. The van der Waals surface area contributed by atoms with Gasteiger partial charge >= 0.3 is 0 Å². The number of nitrogens with one attached hydrogen (secondary N) is 1. The fourth-order valence-corrected chi connectivity index (χ4v) is 0.406. The highest BCUT2D eigenvalue weighted by Gasteiger charge is 1.73. The lowest BCUT2D eigenvalue weighted by atomic mass is 10.3. The third-order valence-electron chi connectivity index (χ3n) is 0.697. The van der Waals surface area contributed by atoms with Crippen molar-refractivity contribution in [2.75, 3.05) is 6.54 Å². The van der Waals surface area contributed by atoms with E-state index in [0.29, 0.717) is 0 Å². The Morgan fingerprint density at radius 1 is 1.17 bits per heavy atom. The number of hydrogen-bond acceptors (Lipinski definition) is 1. The van der Waals surface area contributed by atoms with Crippen molar-refractivity contribution in [3.8, 4) is 0 Å². The standard InChI is InChI=1S/C5H7N.C4H10.CH4.B/c1-2-4-6-5-3-1;1-4(2)3;;/h1-4,6H,5H2;4H,1-3H3;1H4;. The molecule has 1 aliphatic heterocycles. The first-order valence-corrected chi connectivity index (χ1v) is 3.78. The molecule has 1 aliphatic rings. The van der Waals surface area contributed by atoms with Crippen molar-refractivity contribution >= 4 is 8.41 Å². The molecule has 12 heavy (non-hydrogen) atoms. The van der Waals surface area contributed by atoms with Crippen molar-refractivity contribution in [2.24, 2.45) is 5.92 Å². The largest absolute Gasteiger partial charge is 0.387 e. The Labute approximate surface area is 79.5 Å². The summed E-state index contributed by atoms with van der Waals surface area (Å²) in [5.41, 5.74) is 0. The van der Waals surface area contributed by atoms with Crippen LogP contribution in [-0.2, 0) is 0 Å². The molecule has 0 saturated carbocycles. The van der Waals surface area contributed by atoms with Crippen LogP contribution in [0.2, 0.25) is 0 Å². The zero-order chi connectivity index (χ0) is 7.82. The molecular weight excluding hydrogens is 145 g/mol. The number of hydrogen-bond donors (Lipinski definition) is 1. The fraction of sp³-hybridized carbons (Fsp3) is 0.600. The van der Waals surface area contributed by atoms with Crippen LogP contribution in [0.25, 0.3) is 0 Å². The van der Waals surface area contributed by atoms with Crippen LogP contribution in [0.1, 0.15) is 28.2 Å². The summed E-state index contributed by atoms with van der Waals surface area (Å²) < 4.78 is 0. The molecule has 1 heterocycles. The van der Waals surface area contributed by atoms with Gasteiger partial charge in [0.15, 0.2) is 0 Å². The molecule has 2 heteroatoms. The maximum Gasteiger partial charge on any atom is 0.0328 e. The highest BCUT2D eigenvalue weighted by Crippen LogP contribution is 1.81. The monoisotopic (exact) mass is 166 g/mol. The van der Waals surface area contributed by atoms with E-state index >= 15 is 0 Å². The van der Waals surface area contributed by atoms with E-state index in [-0.39, 0.29) is 15.8 Å². The zero-order valence-electron chi connectivity index (χ0n) is 7.67. The molecular formula is C10H21BN. The molecule has 0 fully saturated rings. The normalized spacial score (nSPS) is 11.7. The van der Waals surface area contributed by atoms with Gasteiger partial charge in [-0.3, -0.25) is 0 Å². The lowest BCUT2D eigenvalue weighted by molar-refractivity contribution is 0.737. The minimum atomic E-state index is 0. The first kappa shape index (κ1) is 17.4. The number of rotatable bonds is 0. The van der Waals surface area contributed by atoms with Gasteiger partial charge in [-0.1, -0.05) is 40.3 Å². The van der Waals surface area contributed by atoms with Crippen molar-refractivity contribution in [1.29, 1.82) is 0 Å². The lowest BCUT2D eigenvalue weighted by Crippen LogP contribution is -2.05. The Balaban J connectivity index is -0.000000124. The van der Waals surface area contributed by atoms with Crippen LogP contribution in [-0.4, -0.2) is 15.0 Å². The van der Waals surface area contributed by atoms with Crippen LogP contribution in [0.3, 0.4) is 0 Å². The molecule has 0 aliphatic carbocycles. The molecule has 0 atom stereocenters. The maximum atomic E-state index is 3.02. The Morgan fingerprint density at radius 3 is 1.75 bits per heavy atom. The zero-order valence-corrected chi connectivity index (χ0v) is 7.67. The predicted octanol–water partition coefficient (Wildman–Crippen LogP) is 2.58. The van der Waals surface area contributed by atoms with E-state index in [9.17, 15) is 0 Å². The van der Waals surface area contributed by atoms with Gasteiger partial charge in [0, 0.05) is 15.0 Å². The van der Waals surface area contributed by atoms with Crippen molar-refractivity contribution < 1.29 is 0 Å². The van der Waals surface area contributed by atoms with Crippen molar-refractivity contribution in [3.63, 3.8) is 0 Å². The van der Waals surface area contributed by atoms with Gasteiger partial charge in [0.05, 0.1) is 0 Å². The van der Waals surface area contributed by atoms with Crippen molar-refractivity contribution in [1.82, 2.24) is 5.32 Å². The van der Waals surface area contributed by atoms with E-state index in [1.165, 1.54) is 0 Å². The molecule has 3 radical (unpaired) electrons. The highest BCUT2D eigenvalue weighted by molar-refractivity contribution is 5.75. The minimum absolute atomic E-state index is 0. The van der Waals surface area contributed by atoms with Gasteiger partial charge in [0.1, 0.15) is 0 Å². The van der Waals surface area contributed by atoms with Crippen molar-refractivity contribution in [2.45, 2.75) is 28.2 Å². The molecule has 1 N–H and O–H groups in total. The van der Waals surface area contributed by atoms with Crippen LogP contribution >= 0.6 is 0 Å². The second-order valence-electron chi connectivity index (χ2n) is 2.93. The molecule has 1 nitrogen and oxygen atoms in total. The summed E-state index contributed by atoms with van der Waals surface area (Å²) in [5.74, 6) is 0.833. The Bertz CT molecular complexity index is 102. The van der Waals surface area contributed by atoms with Crippen LogP contribution in [0.4, 0.5) is 0 Å². The topological polar surface area (TPSA) is 12.0 Å². The van der Waals surface area contributed by atoms with Gasteiger partial charge in [-0.25, -0.2) is 0 Å². The molecule has 1 rings (SSSR count). The van der Waals surface area contributed by atoms with Gasteiger partial charge in [0.25, 0.3) is 0 Å². The molecule has 0 aromatic heterocycles. The average molecular weight is 166 g/mol. The smallest absolute Gasteiger partial charge is 0.0328 e. The maximum absolute atomic E-state index is 3.02. The second-order valence-corrected chi connectivity index (χ2v) is 2.93. The summed E-state index contributed by atoms with van der Waals surface area (Å²) in [5, 5.41) is 3.02. The summed E-state index contributed by atoms with van der Waals surface area (Å²) in [6.45, 7) is 7.48. The van der Waals surface area contributed by atoms with E-state index in [0.717, 1.165) is 12.5 Å². The molecule has 69 valence electrons. The lowest BCUT2D eigenvalue weighted by Gasteiger charge is -1.94. The number of allylic oxidation sites excluding steroid dienone is 2. The van der Waals surface area contributed by atoms with Gasteiger partial charge < -0.3 is 5.32 Å².